The van der Waals surface area contributed by atoms with Crippen LogP contribution in [0, 0.1) is 27.7 Å². The molecule has 0 aliphatic carbocycles. The maximum atomic E-state index is 10.6. The minimum Gasteiger partial charge on any atom is -0.376 e. The molecule has 0 aromatic heterocycles. The summed E-state index contributed by atoms with van der Waals surface area (Å²) in [6.07, 6.45) is 5.92. The molecule has 0 radical (unpaired) electrons. The molecule has 0 aliphatic heterocycles. The van der Waals surface area contributed by atoms with Crippen LogP contribution in [0.1, 0.15) is 47.6 Å². The van der Waals surface area contributed by atoms with E-state index in [4.69, 9.17) is 0 Å². The summed E-state index contributed by atoms with van der Waals surface area (Å²) >= 11 is 0. The molecule has 0 heterocycles. The number of rotatable bonds is 3. The zero-order chi connectivity index (χ0) is 13.4. The van der Waals surface area contributed by atoms with Gasteiger partial charge in [-0.3, -0.25) is 0 Å². The van der Waals surface area contributed by atoms with E-state index >= 15 is 0 Å². The predicted octanol–water partition coefficient (Wildman–Crippen LogP) is 1.04. The van der Waals surface area contributed by atoms with Crippen molar-refractivity contribution >= 4 is 15.5 Å². The number of aryl methyl sites for hydroxylation is 2. The zero-order valence-corrected chi connectivity index (χ0v) is 13.8. The summed E-state index contributed by atoms with van der Waals surface area (Å²) in [6.45, 7) is 10.2. The Kier molecular flexibility index (Phi) is 12.1. The summed E-state index contributed by atoms with van der Waals surface area (Å²) in [6, 6.07) is 2.03. The van der Waals surface area contributed by atoms with Gasteiger partial charge >= 0.3 is 18.9 Å². The van der Waals surface area contributed by atoms with Gasteiger partial charge < -0.3 is 4.79 Å². The van der Waals surface area contributed by atoms with Crippen LogP contribution in [0.2, 0.25) is 0 Å². The Morgan fingerprint density at radius 1 is 1.11 bits per heavy atom. The number of unbranched alkanes of at least 4 members (excludes halogenated alkanes) is 1. The molecule has 96 valence electrons. The summed E-state index contributed by atoms with van der Waals surface area (Å²) in [7, 11) is 2.70. The first-order valence-corrected chi connectivity index (χ1v) is 6.96. The Balaban J connectivity index is 0. The van der Waals surface area contributed by atoms with Crippen LogP contribution >= 0.6 is 9.24 Å². The van der Waals surface area contributed by atoms with Gasteiger partial charge in [-0.1, -0.05) is 46.1 Å². The molecule has 0 amide bonds. The average molecular weight is 258 g/mol. The van der Waals surface area contributed by atoms with Gasteiger partial charge in [-0.05, 0) is 13.1 Å². The SMILES string of the molecule is CCCCP.Cc1cc(C)c([C-]=O)c(C)c1C.[Li+]. The third-order valence-electron chi connectivity index (χ3n) is 3.02. The molecule has 18 heavy (non-hydrogen) atoms. The van der Waals surface area contributed by atoms with Crippen molar-refractivity contribution in [1.29, 1.82) is 0 Å². The molecule has 1 rings (SSSR count). The molecule has 1 nitrogen and oxygen atoms in total. The Morgan fingerprint density at radius 3 is 2.00 bits per heavy atom. The van der Waals surface area contributed by atoms with E-state index in [1.807, 2.05) is 33.1 Å². The van der Waals surface area contributed by atoms with Crippen LogP contribution in [-0.2, 0) is 4.79 Å². The van der Waals surface area contributed by atoms with Gasteiger partial charge in [-0.2, -0.15) is 0 Å². The fourth-order valence-corrected chi connectivity index (χ4v) is 2.05. The first kappa shape index (κ1) is 20.2. The van der Waals surface area contributed by atoms with Crippen LogP contribution < -0.4 is 18.9 Å². The Bertz CT molecular complexity index is 373. The van der Waals surface area contributed by atoms with Crippen LogP contribution in [0.3, 0.4) is 0 Å². The van der Waals surface area contributed by atoms with E-state index in [-0.39, 0.29) is 18.9 Å². The first-order valence-electron chi connectivity index (χ1n) is 6.15. The van der Waals surface area contributed by atoms with E-state index in [1.165, 1.54) is 30.1 Å². The van der Waals surface area contributed by atoms with Gasteiger partial charge in [0, 0.05) is 0 Å². The standard InChI is InChI=1S/C11H13O.C4H11P.Li/c1-7-5-8(2)11(6-12)10(4)9(7)3;1-2-3-4-5;/h5H,1-4H3;2-5H2,1H3;/q-1;;+1. The summed E-state index contributed by atoms with van der Waals surface area (Å²) < 4.78 is 0. The van der Waals surface area contributed by atoms with E-state index in [0.717, 1.165) is 16.7 Å². The predicted molar refractivity (Wildman–Crippen MR) is 79.7 cm³/mol. The van der Waals surface area contributed by atoms with Crippen molar-refractivity contribution in [2.24, 2.45) is 0 Å². The minimum absolute atomic E-state index is 0. The van der Waals surface area contributed by atoms with Crippen molar-refractivity contribution in [2.75, 3.05) is 6.16 Å². The molecule has 0 saturated carbocycles. The maximum Gasteiger partial charge on any atom is 1.00 e. The van der Waals surface area contributed by atoms with Crippen LogP contribution in [0.5, 0.6) is 0 Å². The summed E-state index contributed by atoms with van der Waals surface area (Å²) in [5.41, 5.74) is 5.23. The van der Waals surface area contributed by atoms with Crippen LogP contribution in [0.15, 0.2) is 6.07 Å². The Labute approximate surface area is 127 Å². The van der Waals surface area contributed by atoms with Crippen molar-refractivity contribution in [1.82, 2.24) is 0 Å². The fourth-order valence-electron chi connectivity index (χ4n) is 1.65. The van der Waals surface area contributed by atoms with Crippen LogP contribution in [0.4, 0.5) is 0 Å². The molecular weight excluding hydrogens is 234 g/mol. The summed E-state index contributed by atoms with van der Waals surface area (Å²) in [5.74, 6) is 0. The average Bonchev–Trinajstić information content (AvgIpc) is 2.29. The third-order valence-corrected chi connectivity index (χ3v) is 3.42. The van der Waals surface area contributed by atoms with Crippen LogP contribution in [0.25, 0.3) is 0 Å². The molecule has 0 saturated heterocycles. The van der Waals surface area contributed by atoms with Gasteiger partial charge in [-0.15, -0.1) is 37.6 Å². The van der Waals surface area contributed by atoms with E-state index < -0.39 is 0 Å². The van der Waals surface area contributed by atoms with Crippen molar-refractivity contribution in [2.45, 2.75) is 47.5 Å². The van der Waals surface area contributed by atoms with Crippen molar-refractivity contribution in [3.05, 3.63) is 33.9 Å². The topological polar surface area (TPSA) is 17.1 Å². The largest absolute Gasteiger partial charge is 1.00 e. The quantitative estimate of drug-likeness (QED) is 0.450. The van der Waals surface area contributed by atoms with E-state index in [1.54, 1.807) is 0 Å². The van der Waals surface area contributed by atoms with Gasteiger partial charge in [-0.25, -0.2) is 0 Å². The molecule has 1 atom stereocenters. The van der Waals surface area contributed by atoms with Gasteiger partial charge in [0.25, 0.3) is 0 Å². The number of benzene rings is 1. The minimum atomic E-state index is 0. The molecular formula is C15H24LiOP. The number of carbonyl (C=O) groups excluding carboxylic acids is 1. The molecule has 1 unspecified atom stereocenters. The number of hydrogen-bond donors (Lipinski definition) is 0. The second-order valence-electron chi connectivity index (χ2n) is 4.38. The van der Waals surface area contributed by atoms with E-state index in [2.05, 4.69) is 23.1 Å². The number of hydrogen-bond acceptors (Lipinski definition) is 1. The second-order valence-corrected chi connectivity index (χ2v) is 4.96. The Hall–Kier alpha value is -0.0826. The van der Waals surface area contributed by atoms with Gasteiger partial charge in [0.1, 0.15) is 0 Å². The van der Waals surface area contributed by atoms with Crippen molar-refractivity contribution < 1.29 is 23.7 Å². The third kappa shape index (κ3) is 6.19. The van der Waals surface area contributed by atoms with Gasteiger partial charge in [0.05, 0.1) is 6.29 Å². The van der Waals surface area contributed by atoms with E-state index in [0.29, 0.717) is 0 Å². The zero-order valence-electron chi connectivity index (χ0n) is 12.7. The second kappa shape index (κ2) is 10.8. The molecule has 0 bridgehead atoms. The van der Waals surface area contributed by atoms with Gasteiger partial charge in [0.2, 0.25) is 0 Å². The van der Waals surface area contributed by atoms with Crippen molar-refractivity contribution in [3.8, 4) is 0 Å². The normalized spacial score (nSPS) is 9.00. The molecule has 0 spiro atoms. The Morgan fingerprint density at radius 2 is 1.67 bits per heavy atom. The smallest absolute Gasteiger partial charge is 0.376 e. The molecule has 0 fully saturated rings. The molecule has 0 N–H and O–H groups in total. The van der Waals surface area contributed by atoms with Crippen LogP contribution in [-0.4, -0.2) is 12.4 Å². The molecule has 0 aliphatic rings. The van der Waals surface area contributed by atoms with Gasteiger partial charge in [0.15, 0.2) is 0 Å². The molecule has 3 heteroatoms. The monoisotopic (exact) mass is 258 g/mol. The van der Waals surface area contributed by atoms with Crippen molar-refractivity contribution in [3.63, 3.8) is 0 Å². The molecule has 1 aromatic carbocycles. The first-order chi connectivity index (χ1) is 7.99. The molecule has 1 aromatic rings. The summed E-state index contributed by atoms with van der Waals surface area (Å²) in [4.78, 5) is 10.6. The van der Waals surface area contributed by atoms with E-state index in [9.17, 15) is 4.79 Å². The summed E-state index contributed by atoms with van der Waals surface area (Å²) in [5, 5.41) is 0. The fraction of sp³-hybridized carbons (Fsp3) is 0.533. The maximum absolute atomic E-state index is 10.6.